The van der Waals surface area contributed by atoms with Gasteiger partial charge >= 0.3 is 0 Å². The molecule has 0 aliphatic heterocycles. The number of benzene rings is 1. The van der Waals surface area contributed by atoms with E-state index >= 15 is 0 Å². The number of amides is 1. The van der Waals surface area contributed by atoms with Gasteiger partial charge in [-0.3, -0.25) is 4.79 Å². The third-order valence-corrected chi connectivity index (χ3v) is 5.41. The number of rotatable bonds is 16. The largest absolute Gasteiger partial charge is 0.493 e. The highest BCUT2D eigenvalue weighted by Gasteiger charge is 2.15. The average Bonchev–Trinajstić information content (AvgIpc) is 2.89. The maximum absolute atomic E-state index is 12.1. The summed E-state index contributed by atoms with van der Waals surface area (Å²) in [5.74, 6) is 1.69. The van der Waals surface area contributed by atoms with Gasteiger partial charge in [-0.1, -0.05) is 97.9 Å². The number of hydrogen-bond acceptors (Lipinski definition) is 4. The maximum atomic E-state index is 12.1. The minimum atomic E-state index is 0.0726. The Hall–Kier alpha value is -2.66. The molecule has 1 aromatic carbocycles. The standard InChI is InChI=1S/C21H36N2O2.C8H10O.C2H6/c1-6-8-16(3)15-25-19-12-10-18(11-13-19)20(22-5)14-23-21(24)17(4)9-7-2;1-3-4-5-8(2)6-7-9;1-2/h10-13,16-17,20,22H,6-9,14-15H2,1-5H3,(H,23,24);3-5,7H,1-2,6H2;1-2H3/b;5-4-;/t16?,17-,20+;;/m1../s1. The Morgan fingerprint density at radius 1 is 1.08 bits per heavy atom. The van der Waals surface area contributed by atoms with E-state index in [-0.39, 0.29) is 17.9 Å². The van der Waals surface area contributed by atoms with Crippen molar-refractivity contribution < 1.29 is 14.3 Å². The van der Waals surface area contributed by atoms with Crippen molar-refractivity contribution in [3.8, 4) is 5.75 Å². The third-order valence-electron chi connectivity index (χ3n) is 5.41. The SMILES string of the molecule is C=C/C=C\C(=C)CC=O.CC.CCCC(C)COc1ccc([C@H](CNC(=O)[C@H](C)CCC)NC)cc1. The quantitative estimate of drug-likeness (QED) is 0.186. The zero-order valence-corrected chi connectivity index (χ0v) is 23.9. The van der Waals surface area contributed by atoms with E-state index in [1.807, 2.05) is 40.0 Å². The van der Waals surface area contributed by atoms with Crippen LogP contribution >= 0.6 is 0 Å². The number of ether oxygens (including phenoxy) is 1. The Bertz CT molecular complexity index is 741. The van der Waals surface area contributed by atoms with Crippen molar-refractivity contribution >= 4 is 12.2 Å². The molecule has 0 saturated carbocycles. The normalized spacial score (nSPS) is 12.6. The summed E-state index contributed by atoms with van der Waals surface area (Å²) in [7, 11) is 1.92. The summed E-state index contributed by atoms with van der Waals surface area (Å²) in [6, 6.07) is 8.27. The van der Waals surface area contributed by atoms with Crippen molar-refractivity contribution in [3.63, 3.8) is 0 Å². The fourth-order valence-corrected chi connectivity index (χ4v) is 3.32. The number of hydrogen-bond donors (Lipinski definition) is 2. The second-order valence-electron chi connectivity index (χ2n) is 8.67. The van der Waals surface area contributed by atoms with Gasteiger partial charge in [-0.2, -0.15) is 0 Å². The van der Waals surface area contributed by atoms with E-state index < -0.39 is 0 Å². The summed E-state index contributed by atoms with van der Waals surface area (Å²) in [5.41, 5.74) is 1.96. The van der Waals surface area contributed by atoms with Gasteiger partial charge in [0.25, 0.3) is 0 Å². The highest BCUT2D eigenvalue weighted by molar-refractivity contribution is 5.78. The number of allylic oxidation sites excluding steroid dienone is 4. The predicted octanol–water partition coefficient (Wildman–Crippen LogP) is 7.21. The van der Waals surface area contributed by atoms with Crippen LogP contribution in [0.4, 0.5) is 0 Å². The van der Waals surface area contributed by atoms with Crippen molar-refractivity contribution in [1.29, 1.82) is 0 Å². The first-order valence-corrected chi connectivity index (χ1v) is 13.4. The van der Waals surface area contributed by atoms with Gasteiger partial charge in [0.05, 0.1) is 6.61 Å². The zero-order chi connectivity index (χ0) is 27.8. The van der Waals surface area contributed by atoms with E-state index in [0.717, 1.165) is 42.6 Å². The van der Waals surface area contributed by atoms with Crippen LogP contribution in [-0.2, 0) is 9.59 Å². The number of nitrogens with one attached hydrogen (secondary N) is 2. The van der Waals surface area contributed by atoms with Gasteiger partial charge in [0.2, 0.25) is 5.91 Å². The molecule has 204 valence electrons. The van der Waals surface area contributed by atoms with Crippen LogP contribution in [0.5, 0.6) is 5.75 Å². The van der Waals surface area contributed by atoms with Gasteiger partial charge in [0.15, 0.2) is 0 Å². The van der Waals surface area contributed by atoms with Gasteiger partial charge in [0, 0.05) is 24.9 Å². The van der Waals surface area contributed by atoms with Crippen LogP contribution in [0.2, 0.25) is 0 Å². The Kier molecular flexibility index (Phi) is 23.7. The molecule has 1 unspecified atom stereocenters. The summed E-state index contributed by atoms with van der Waals surface area (Å²) >= 11 is 0. The van der Waals surface area contributed by atoms with Gasteiger partial charge in [-0.05, 0) is 49.1 Å². The molecular weight excluding hydrogens is 448 g/mol. The number of carbonyl (C=O) groups is 2. The lowest BCUT2D eigenvalue weighted by Crippen LogP contribution is -2.36. The fourth-order valence-electron chi connectivity index (χ4n) is 3.32. The second-order valence-corrected chi connectivity index (χ2v) is 8.67. The molecule has 5 nitrogen and oxygen atoms in total. The van der Waals surface area contributed by atoms with Crippen LogP contribution in [0.15, 0.2) is 61.2 Å². The van der Waals surface area contributed by atoms with Gasteiger partial charge in [-0.25, -0.2) is 0 Å². The molecule has 5 heteroatoms. The third kappa shape index (κ3) is 17.7. The van der Waals surface area contributed by atoms with Crippen LogP contribution in [0, 0.1) is 11.8 Å². The molecule has 3 atom stereocenters. The number of aldehydes is 1. The molecule has 1 amide bonds. The smallest absolute Gasteiger partial charge is 0.222 e. The molecule has 2 N–H and O–H groups in total. The first-order valence-electron chi connectivity index (χ1n) is 13.4. The van der Waals surface area contributed by atoms with Crippen molar-refractivity contribution in [3.05, 3.63) is 66.8 Å². The molecule has 0 saturated heterocycles. The first-order chi connectivity index (χ1) is 17.3. The van der Waals surface area contributed by atoms with Crippen molar-refractivity contribution in [2.75, 3.05) is 20.2 Å². The van der Waals surface area contributed by atoms with E-state index in [2.05, 4.69) is 56.7 Å². The summed E-state index contributed by atoms with van der Waals surface area (Å²) in [6.07, 6.45) is 10.7. The van der Waals surface area contributed by atoms with Crippen LogP contribution in [0.25, 0.3) is 0 Å². The predicted molar refractivity (Wildman–Crippen MR) is 155 cm³/mol. The van der Waals surface area contributed by atoms with Crippen LogP contribution in [0.3, 0.4) is 0 Å². The van der Waals surface area contributed by atoms with Gasteiger partial charge in [0.1, 0.15) is 12.0 Å². The van der Waals surface area contributed by atoms with Crippen LogP contribution in [0.1, 0.15) is 85.3 Å². The minimum Gasteiger partial charge on any atom is -0.493 e. The highest BCUT2D eigenvalue weighted by atomic mass is 16.5. The zero-order valence-electron chi connectivity index (χ0n) is 23.9. The first kappa shape index (κ1) is 35.5. The van der Waals surface area contributed by atoms with Crippen LogP contribution < -0.4 is 15.4 Å². The molecule has 0 fully saturated rings. The van der Waals surface area contributed by atoms with Crippen molar-refractivity contribution in [2.45, 2.75) is 79.7 Å². The molecule has 1 aromatic rings. The van der Waals surface area contributed by atoms with E-state index in [0.29, 0.717) is 18.9 Å². The van der Waals surface area contributed by atoms with Crippen LogP contribution in [-0.4, -0.2) is 32.4 Å². The molecule has 0 aliphatic carbocycles. The summed E-state index contributed by atoms with van der Waals surface area (Å²) in [6.45, 7) is 21.0. The minimum absolute atomic E-state index is 0.0726. The van der Waals surface area contributed by atoms with Crippen molar-refractivity contribution in [2.24, 2.45) is 11.8 Å². The lowest BCUT2D eigenvalue weighted by atomic mass is 10.0. The van der Waals surface area contributed by atoms with Crippen molar-refractivity contribution in [1.82, 2.24) is 10.6 Å². The Morgan fingerprint density at radius 2 is 1.69 bits per heavy atom. The molecule has 0 spiro atoms. The molecule has 0 aliphatic rings. The molecule has 0 heterocycles. The second kappa shape index (κ2) is 24.1. The molecular formula is C31H52N2O3. The van der Waals surface area contributed by atoms with E-state index in [9.17, 15) is 9.59 Å². The van der Waals surface area contributed by atoms with Gasteiger partial charge < -0.3 is 20.2 Å². The molecule has 36 heavy (non-hydrogen) atoms. The fraction of sp³-hybridized carbons (Fsp3) is 0.548. The lowest BCUT2D eigenvalue weighted by molar-refractivity contribution is -0.124. The van der Waals surface area contributed by atoms with E-state index in [1.54, 1.807) is 18.2 Å². The number of carbonyl (C=O) groups excluding carboxylic acids is 2. The Labute approximate surface area is 221 Å². The summed E-state index contributed by atoms with van der Waals surface area (Å²) in [4.78, 5) is 21.9. The summed E-state index contributed by atoms with van der Waals surface area (Å²) in [5, 5.41) is 6.33. The molecule has 0 bridgehead atoms. The highest BCUT2D eigenvalue weighted by Crippen LogP contribution is 2.19. The summed E-state index contributed by atoms with van der Waals surface area (Å²) < 4.78 is 5.86. The number of likely N-dealkylation sites (N-methyl/N-ethyl adjacent to an activating group) is 1. The average molecular weight is 501 g/mol. The van der Waals surface area contributed by atoms with E-state index in [1.165, 1.54) is 12.8 Å². The van der Waals surface area contributed by atoms with E-state index in [4.69, 9.17) is 4.74 Å². The topological polar surface area (TPSA) is 67.4 Å². The Balaban J connectivity index is 0. The molecule has 0 radical (unpaired) electrons. The molecule has 1 rings (SSSR count). The maximum Gasteiger partial charge on any atom is 0.222 e. The Morgan fingerprint density at radius 3 is 2.19 bits per heavy atom. The van der Waals surface area contributed by atoms with Gasteiger partial charge in [-0.15, -0.1) is 0 Å². The monoisotopic (exact) mass is 500 g/mol. The molecule has 0 aromatic heterocycles. The lowest BCUT2D eigenvalue weighted by Gasteiger charge is -2.19.